The monoisotopic (exact) mass is 570 g/mol. The van der Waals surface area contributed by atoms with Crippen LogP contribution in [0.4, 0.5) is 0 Å². The molecule has 6 heteroatoms. The van der Waals surface area contributed by atoms with Gasteiger partial charge in [0.25, 0.3) is 0 Å². The highest BCUT2D eigenvalue weighted by atomic mass is 16.5. The third-order valence-electron chi connectivity index (χ3n) is 6.48. The molecule has 0 amide bonds. The van der Waals surface area contributed by atoms with E-state index in [9.17, 15) is 0 Å². The molecule has 4 rings (SSSR count). The Hall–Kier alpha value is -4.91. The zero-order valence-corrected chi connectivity index (χ0v) is 24.3. The number of benzene rings is 3. The van der Waals surface area contributed by atoms with E-state index in [0.717, 1.165) is 33.5 Å². The zero-order chi connectivity index (χ0) is 30.0. The van der Waals surface area contributed by atoms with Gasteiger partial charge >= 0.3 is 0 Å². The van der Waals surface area contributed by atoms with Gasteiger partial charge in [-0.15, -0.1) is 0 Å². The van der Waals surface area contributed by atoms with Crippen molar-refractivity contribution in [2.75, 3.05) is 13.2 Å². The van der Waals surface area contributed by atoms with E-state index in [4.69, 9.17) is 25.2 Å². The first kappa shape index (κ1) is 31.0. The van der Waals surface area contributed by atoms with Crippen LogP contribution >= 0.6 is 0 Å². The molecule has 3 aromatic carbocycles. The standard InChI is InChI=1S/C37H38N4O2/c1-30(13-8-10-21-38)24-40-36(33-16-4-2-5-17-33)28-42-26-31-14-12-15-32(23-31)27-43-29-37(34-18-6-3-7-19-34)41-25-35-20-9-11-22-39-35/h2-25,36-37H,1,26-29,38H2/b13-8-,21-10-,40-24?,41-25?/t36-,37-/m0/s1. The van der Waals surface area contributed by atoms with Gasteiger partial charge in [-0.05, 0) is 52.2 Å². The highest BCUT2D eigenvalue weighted by molar-refractivity contribution is 5.81. The van der Waals surface area contributed by atoms with E-state index in [0.29, 0.717) is 26.4 Å². The first-order valence-electron chi connectivity index (χ1n) is 14.3. The minimum Gasteiger partial charge on any atom is -0.405 e. The zero-order valence-electron chi connectivity index (χ0n) is 24.3. The van der Waals surface area contributed by atoms with E-state index in [-0.39, 0.29) is 12.1 Å². The summed E-state index contributed by atoms with van der Waals surface area (Å²) in [5.41, 5.74) is 11.3. The van der Waals surface area contributed by atoms with Gasteiger partial charge in [-0.1, -0.05) is 110 Å². The Kier molecular flexibility index (Phi) is 12.9. The van der Waals surface area contributed by atoms with Gasteiger partial charge in [-0.2, -0.15) is 0 Å². The van der Waals surface area contributed by atoms with Crippen LogP contribution in [0.1, 0.15) is 40.0 Å². The predicted molar refractivity (Wildman–Crippen MR) is 176 cm³/mol. The van der Waals surface area contributed by atoms with Crippen molar-refractivity contribution in [2.45, 2.75) is 25.3 Å². The molecule has 0 aliphatic carbocycles. The number of nitrogens with two attached hydrogens (primary N) is 1. The van der Waals surface area contributed by atoms with E-state index >= 15 is 0 Å². The summed E-state index contributed by atoms with van der Waals surface area (Å²) in [7, 11) is 0. The molecule has 43 heavy (non-hydrogen) atoms. The maximum absolute atomic E-state index is 6.15. The van der Waals surface area contributed by atoms with Gasteiger partial charge in [0.1, 0.15) is 0 Å². The smallest absolute Gasteiger partial charge is 0.0983 e. The molecule has 0 aliphatic heterocycles. The van der Waals surface area contributed by atoms with Crippen LogP contribution in [-0.4, -0.2) is 30.6 Å². The lowest BCUT2D eigenvalue weighted by Gasteiger charge is -2.15. The van der Waals surface area contributed by atoms with Crippen LogP contribution in [0.25, 0.3) is 0 Å². The maximum atomic E-state index is 6.15. The summed E-state index contributed by atoms with van der Waals surface area (Å²) in [6, 6.07) is 34.1. The molecule has 0 saturated carbocycles. The summed E-state index contributed by atoms with van der Waals surface area (Å²) in [6.07, 6.45) is 12.2. The van der Waals surface area contributed by atoms with Crippen molar-refractivity contribution in [3.05, 3.63) is 174 Å². The lowest BCUT2D eigenvalue weighted by Crippen LogP contribution is -2.08. The van der Waals surface area contributed by atoms with E-state index < -0.39 is 0 Å². The summed E-state index contributed by atoms with van der Waals surface area (Å²) < 4.78 is 12.3. The van der Waals surface area contributed by atoms with Crippen molar-refractivity contribution < 1.29 is 9.47 Å². The molecule has 218 valence electrons. The average Bonchev–Trinajstić information content (AvgIpc) is 3.06. The number of rotatable bonds is 16. The Labute approximate surface area is 254 Å². The van der Waals surface area contributed by atoms with E-state index in [1.807, 2.05) is 72.8 Å². The van der Waals surface area contributed by atoms with Crippen LogP contribution < -0.4 is 5.73 Å². The number of hydrogen-bond acceptors (Lipinski definition) is 6. The summed E-state index contributed by atoms with van der Waals surface area (Å²) in [4.78, 5) is 13.9. The SMILES string of the molecule is C=C(C=N[C@@H](COCc1cccc(COC[C@H](N=Cc2ccccn2)c2ccccc2)c1)c1ccccc1)/C=C\C=C/N. The Morgan fingerprint density at radius 1 is 0.744 bits per heavy atom. The van der Waals surface area contributed by atoms with Crippen LogP contribution in [-0.2, 0) is 22.7 Å². The third-order valence-corrected chi connectivity index (χ3v) is 6.48. The molecule has 1 aromatic heterocycles. The van der Waals surface area contributed by atoms with Crippen molar-refractivity contribution in [3.8, 4) is 0 Å². The Balaban J connectivity index is 1.32. The largest absolute Gasteiger partial charge is 0.405 e. The Morgan fingerprint density at radius 2 is 1.35 bits per heavy atom. The van der Waals surface area contributed by atoms with Crippen molar-refractivity contribution >= 4 is 12.4 Å². The summed E-state index contributed by atoms with van der Waals surface area (Å²) in [5, 5.41) is 0. The number of aromatic nitrogens is 1. The molecule has 1 heterocycles. The number of ether oxygens (including phenoxy) is 2. The Morgan fingerprint density at radius 3 is 1.93 bits per heavy atom. The molecule has 0 aliphatic rings. The lowest BCUT2D eigenvalue weighted by atomic mass is 10.1. The molecule has 0 spiro atoms. The first-order valence-corrected chi connectivity index (χ1v) is 14.3. The molecule has 2 N–H and O–H groups in total. The second-order valence-electron chi connectivity index (χ2n) is 9.83. The van der Waals surface area contributed by atoms with E-state index in [1.165, 1.54) is 6.20 Å². The first-order chi connectivity index (χ1) is 21.2. The molecule has 0 saturated heterocycles. The van der Waals surface area contributed by atoms with Gasteiger partial charge in [0.2, 0.25) is 0 Å². The quantitative estimate of drug-likeness (QED) is 0.113. The highest BCUT2D eigenvalue weighted by Crippen LogP contribution is 2.20. The summed E-state index contributed by atoms with van der Waals surface area (Å²) in [5.74, 6) is 0. The molecular weight excluding hydrogens is 532 g/mol. The highest BCUT2D eigenvalue weighted by Gasteiger charge is 2.11. The van der Waals surface area contributed by atoms with Crippen molar-refractivity contribution in [3.63, 3.8) is 0 Å². The number of hydrogen-bond donors (Lipinski definition) is 1. The van der Waals surface area contributed by atoms with Gasteiger partial charge in [0, 0.05) is 18.6 Å². The van der Waals surface area contributed by atoms with E-state index in [2.05, 4.69) is 54.0 Å². The Bertz CT molecular complexity index is 1500. The van der Waals surface area contributed by atoms with Crippen molar-refractivity contribution in [1.29, 1.82) is 0 Å². The number of aliphatic imine (C=N–C) groups is 2. The van der Waals surface area contributed by atoms with Crippen LogP contribution in [0.5, 0.6) is 0 Å². The fourth-order valence-electron chi connectivity index (χ4n) is 4.28. The third kappa shape index (κ3) is 11.1. The van der Waals surface area contributed by atoms with Gasteiger partial charge in [-0.25, -0.2) is 0 Å². The van der Waals surface area contributed by atoms with Crippen LogP contribution in [0, 0.1) is 0 Å². The maximum Gasteiger partial charge on any atom is 0.0983 e. The van der Waals surface area contributed by atoms with Crippen LogP contribution in [0.3, 0.4) is 0 Å². The second-order valence-corrected chi connectivity index (χ2v) is 9.83. The topological polar surface area (TPSA) is 82.1 Å². The van der Waals surface area contributed by atoms with Gasteiger partial charge < -0.3 is 15.2 Å². The normalized spacial score (nSPS) is 13.3. The molecule has 0 unspecified atom stereocenters. The van der Waals surface area contributed by atoms with Crippen LogP contribution in [0.15, 0.2) is 156 Å². The predicted octanol–water partition coefficient (Wildman–Crippen LogP) is 7.37. The number of pyridine rings is 1. The van der Waals surface area contributed by atoms with Gasteiger partial charge in [0.15, 0.2) is 0 Å². The molecule has 6 nitrogen and oxygen atoms in total. The number of allylic oxidation sites excluding steroid dienone is 4. The van der Waals surface area contributed by atoms with Gasteiger partial charge in [0.05, 0.1) is 44.2 Å². The fourth-order valence-corrected chi connectivity index (χ4v) is 4.28. The van der Waals surface area contributed by atoms with E-state index in [1.54, 1.807) is 24.7 Å². The molecule has 0 bridgehead atoms. The molecular formula is C37H38N4O2. The fraction of sp³-hybridized carbons (Fsp3) is 0.162. The van der Waals surface area contributed by atoms with Crippen LogP contribution in [0.2, 0.25) is 0 Å². The summed E-state index contributed by atoms with van der Waals surface area (Å²) in [6.45, 7) is 5.87. The van der Waals surface area contributed by atoms with Crippen molar-refractivity contribution in [2.24, 2.45) is 15.7 Å². The lowest BCUT2D eigenvalue weighted by molar-refractivity contribution is 0.105. The molecule has 4 aromatic rings. The minimum atomic E-state index is -0.149. The molecule has 0 radical (unpaired) electrons. The summed E-state index contributed by atoms with van der Waals surface area (Å²) >= 11 is 0. The second kappa shape index (κ2) is 17.8. The molecule has 0 fully saturated rings. The number of nitrogens with zero attached hydrogens (tertiary/aromatic N) is 3. The van der Waals surface area contributed by atoms with Crippen molar-refractivity contribution in [1.82, 2.24) is 4.98 Å². The minimum absolute atomic E-state index is 0.131. The van der Waals surface area contributed by atoms with Gasteiger partial charge in [-0.3, -0.25) is 15.0 Å². The average molecular weight is 571 g/mol. The molecule has 2 atom stereocenters.